The molecule has 1 aliphatic carbocycles. The number of fused-ring (bicyclic) bond motifs is 1. The van der Waals surface area contributed by atoms with Crippen molar-refractivity contribution in [3.8, 4) is 6.07 Å². The van der Waals surface area contributed by atoms with E-state index in [4.69, 9.17) is 11.6 Å². The van der Waals surface area contributed by atoms with E-state index in [1.54, 1.807) is 24.3 Å². The second kappa shape index (κ2) is 8.85. The van der Waals surface area contributed by atoms with Crippen LogP contribution in [0.1, 0.15) is 19.3 Å². The molecule has 8 nitrogen and oxygen atoms in total. The van der Waals surface area contributed by atoms with Crippen molar-refractivity contribution in [3.05, 3.63) is 71.8 Å². The molecule has 1 aliphatic heterocycles. The third-order valence-corrected chi connectivity index (χ3v) is 11.3. The Morgan fingerprint density at radius 3 is 2.33 bits per heavy atom. The molecule has 186 valence electrons. The maximum Gasteiger partial charge on any atom is 0.243 e. The van der Waals surface area contributed by atoms with E-state index in [0.717, 1.165) is 9.69 Å². The van der Waals surface area contributed by atoms with Gasteiger partial charge in [0.1, 0.15) is 11.6 Å². The van der Waals surface area contributed by atoms with E-state index in [-0.39, 0.29) is 21.2 Å². The summed E-state index contributed by atoms with van der Waals surface area (Å²) in [6, 6.07) is 18.6. The third-order valence-electron chi connectivity index (χ3n) is 6.76. The van der Waals surface area contributed by atoms with Crippen molar-refractivity contribution in [3.63, 3.8) is 0 Å². The normalized spacial score (nSPS) is 21.7. The minimum absolute atomic E-state index is 0.0238. The van der Waals surface area contributed by atoms with Crippen LogP contribution in [0.15, 0.2) is 76.5 Å². The zero-order valence-corrected chi connectivity index (χ0v) is 21.4. The molecule has 0 unspecified atom stereocenters. The van der Waals surface area contributed by atoms with E-state index in [1.165, 1.54) is 30.3 Å². The summed E-state index contributed by atoms with van der Waals surface area (Å²) in [5.41, 5.74) is -1.03. The highest BCUT2D eigenvalue weighted by Crippen LogP contribution is 2.38. The van der Waals surface area contributed by atoms with E-state index in [2.05, 4.69) is 11.4 Å². The maximum atomic E-state index is 13.8. The number of hydrogen-bond donors (Lipinski definition) is 1. The van der Waals surface area contributed by atoms with E-state index in [9.17, 15) is 26.9 Å². The summed E-state index contributed by atoms with van der Waals surface area (Å²) in [6.07, 6.45) is 0.662. The van der Waals surface area contributed by atoms with E-state index >= 15 is 0 Å². The van der Waals surface area contributed by atoms with Gasteiger partial charge in [0, 0.05) is 6.54 Å². The van der Waals surface area contributed by atoms with E-state index in [0.29, 0.717) is 18.2 Å². The second-order valence-electron chi connectivity index (χ2n) is 9.12. The number of rotatable bonds is 6. The SMILES string of the molecule is N#CC1(NC(=O)[C@@H]2C[C@@H](S(=O)(=O)c3ccccc3Cl)CN2S(=O)(=O)c2ccc3ccccc3c2)CC1. The van der Waals surface area contributed by atoms with Crippen molar-refractivity contribution in [2.45, 2.75) is 45.9 Å². The van der Waals surface area contributed by atoms with Crippen LogP contribution in [-0.2, 0) is 24.7 Å². The van der Waals surface area contributed by atoms with Crippen molar-refractivity contribution in [1.82, 2.24) is 9.62 Å². The molecule has 1 saturated heterocycles. The number of nitriles is 1. The van der Waals surface area contributed by atoms with Crippen LogP contribution in [0.25, 0.3) is 10.8 Å². The molecule has 2 atom stereocenters. The zero-order valence-electron chi connectivity index (χ0n) is 19.0. The Kier molecular flexibility index (Phi) is 6.08. The number of carbonyl (C=O) groups is 1. The largest absolute Gasteiger partial charge is 0.336 e. The summed E-state index contributed by atoms with van der Waals surface area (Å²) in [4.78, 5) is 13.1. The molecule has 11 heteroatoms. The smallest absolute Gasteiger partial charge is 0.243 e. The van der Waals surface area contributed by atoms with Gasteiger partial charge < -0.3 is 5.32 Å². The predicted octanol–water partition coefficient (Wildman–Crippen LogP) is 3.27. The average molecular weight is 544 g/mol. The number of nitrogens with zero attached hydrogens (tertiary/aromatic N) is 2. The second-order valence-corrected chi connectivity index (χ2v) is 13.6. The Balaban J connectivity index is 1.55. The topological polar surface area (TPSA) is 124 Å². The van der Waals surface area contributed by atoms with Gasteiger partial charge in [0.25, 0.3) is 0 Å². The molecule has 3 aromatic rings. The lowest BCUT2D eigenvalue weighted by atomic mass is 10.1. The molecule has 1 N–H and O–H groups in total. The third kappa shape index (κ3) is 4.26. The summed E-state index contributed by atoms with van der Waals surface area (Å²) < 4.78 is 55.4. The Morgan fingerprint density at radius 2 is 1.67 bits per heavy atom. The van der Waals surface area contributed by atoms with Gasteiger partial charge in [-0.25, -0.2) is 16.8 Å². The van der Waals surface area contributed by atoms with E-state index in [1.807, 2.05) is 12.1 Å². The van der Waals surface area contributed by atoms with Crippen LogP contribution in [0.5, 0.6) is 0 Å². The first-order valence-electron chi connectivity index (χ1n) is 11.3. The number of sulfone groups is 1. The number of sulfonamides is 1. The van der Waals surface area contributed by atoms with Crippen molar-refractivity contribution >= 4 is 48.1 Å². The molecular weight excluding hydrogens is 522 g/mol. The fourth-order valence-corrected chi connectivity index (χ4v) is 8.52. The van der Waals surface area contributed by atoms with Crippen LogP contribution in [0.3, 0.4) is 0 Å². The zero-order chi connectivity index (χ0) is 25.7. The summed E-state index contributed by atoms with van der Waals surface area (Å²) in [7, 11) is -8.32. The molecule has 0 bridgehead atoms. The molecule has 1 amide bonds. The number of hydrogen-bond acceptors (Lipinski definition) is 6. The standard InChI is InChI=1S/C25H22ClN3O5S2/c26-21-7-3-4-8-23(21)35(31,32)20-14-22(24(30)28-25(16-27)11-12-25)29(15-20)36(33,34)19-10-9-17-5-1-2-6-18(17)13-19/h1-10,13,20,22H,11-12,14-15H2,(H,28,30)/t20-,22+/m1/s1. The highest BCUT2D eigenvalue weighted by atomic mass is 35.5. The quantitative estimate of drug-likeness (QED) is 0.509. The van der Waals surface area contributed by atoms with Crippen LogP contribution in [0.2, 0.25) is 5.02 Å². The van der Waals surface area contributed by atoms with Crippen LogP contribution in [-0.4, -0.2) is 50.4 Å². The monoisotopic (exact) mass is 543 g/mol. The van der Waals surface area contributed by atoms with Gasteiger partial charge in [-0.15, -0.1) is 0 Å². The number of benzene rings is 3. The van der Waals surface area contributed by atoms with Gasteiger partial charge in [-0.2, -0.15) is 9.57 Å². The van der Waals surface area contributed by atoms with Crippen molar-refractivity contribution in [2.75, 3.05) is 6.54 Å². The molecule has 1 heterocycles. The minimum atomic E-state index is -4.26. The Labute approximate surface area is 214 Å². The van der Waals surface area contributed by atoms with Gasteiger partial charge in [0.05, 0.1) is 26.1 Å². The number of amides is 1. The molecule has 1 saturated carbocycles. The molecule has 2 fully saturated rings. The Hall–Kier alpha value is -2.97. The molecule has 36 heavy (non-hydrogen) atoms. The lowest BCUT2D eigenvalue weighted by molar-refractivity contribution is -0.124. The number of carbonyl (C=O) groups excluding carboxylic acids is 1. The highest BCUT2D eigenvalue weighted by molar-refractivity contribution is 7.92. The van der Waals surface area contributed by atoms with Crippen LogP contribution < -0.4 is 5.32 Å². The van der Waals surface area contributed by atoms with Gasteiger partial charge in [-0.05, 0) is 54.3 Å². The summed E-state index contributed by atoms with van der Waals surface area (Å²) in [6.45, 7) is -0.416. The van der Waals surface area contributed by atoms with Gasteiger partial charge in [0.15, 0.2) is 9.84 Å². The fourth-order valence-electron chi connectivity index (χ4n) is 4.52. The van der Waals surface area contributed by atoms with Gasteiger partial charge in [0.2, 0.25) is 15.9 Å². The molecule has 3 aromatic carbocycles. The fraction of sp³-hybridized carbons (Fsp3) is 0.280. The van der Waals surface area contributed by atoms with Gasteiger partial charge in [-0.3, -0.25) is 4.79 Å². The minimum Gasteiger partial charge on any atom is -0.336 e. The average Bonchev–Trinajstić information content (AvgIpc) is 3.47. The molecule has 0 spiro atoms. The highest BCUT2D eigenvalue weighted by Gasteiger charge is 2.52. The lowest BCUT2D eigenvalue weighted by Crippen LogP contribution is -2.49. The first-order valence-corrected chi connectivity index (χ1v) is 14.7. The lowest BCUT2D eigenvalue weighted by Gasteiger charge is -2.24. The molecule has 0 aromatic heterocycles. The molecule has 5 rings (SSSR count). The molecule has 0 radical (unpaired) electrons. The summed E-state index contributed by atoms with van der Waals surface area (Å²) in [5.74, 6) is -0.685. The van der Waals surface area contributed by atoms with Gasteiger partial charge in [-0.1, -0.05) is 54.1 Å². The molecule has 2 aliphatic rings. The summed E-state index contributed by atoms with van der Waals surface area (Å²) in [5, 5.41) is 12.4. The van der Waals surface area contributed by atoms with Crippen molar-refractivity contribution in [2.24, 2.45) is 0 Å². The number of halogens is 1. The maximum absolute atomic E-state index is 13.8. The van der Waals surface area contributed by atoms with Crippen molar-refractivity contribution in [1.29, 1.82) is 5.26 Å². The molecular formula is C25H22ClN3O5S2. The van der Waals surface area contributed by atoms with E-state index < -0.39 is 49.1 Å². The summed E-state index contributed by atoms with van der Waals surface area (Å²) >= 11 is 6.15. The Morgan fingerprint density at radius 1 is 1.00 bits per heavy atom. The first-order chi connectivity index (χ1) is 17.1. The predicted molar refractivity (Wildman–Crippen MR) is 134 cm³/mol. The van der Waals surface area contributed by atoms with Crippen LogP contribution in [0.4, 0.5) is 0 Å². The van der Waals surface area contributed by atoms with Gasteiger partial charge >= 0.3 is 0 Å². The number of nitrogens with one attached hydrogen (secondary N) is 1. The first kappa shape index (κ1) is 24.7. The van der Waals surface area contributed by atoms with Crippen molar-refractivity contribution < 1.29 is 21.6 Å². The Bertz CT molecular complexity index is 1630. The van der Waals surface area contributed by atoms with Crippen LogP contribution >= 0.6 is 11.6 Å². The van der Waals surface area contributed by atoms with Crippen LogP contribution in [0, 0.1) is 11.3 Å².